The molecule has 0 aliphatic carbocycles. The smallest absolute Gasteiger partial charge is 0.325 e. The molecule has 0 heterocycles. The largest absolute Gasteiger partial charge is 0.454 e. The molecule has 0 radical (unpaired) electrons. The molecule has 30 heavy (non-hydrogen) atoms. The van der Waals surface area contributed by atoms with Gasteiger partial charge in [-0.2, -0.15) is 0 Å². The highest BCUT2D eigenvalue weighted by molar-refractivity contribution is 5.96. The molecule has 0 saturated heterocycles. The summed E-state index contributed by atoms with van der Waals surface area (Å²) in [6.07, 6.45) is 0.669. The van der Waals surface area contributed by atoms with Gasteiger partial charge in [0.15, 0.2) is 6.61 Å². The van der Waals surface area contributed by atoms with E-state index in [0.29, 0.717) is 17.7 Å². The average Bonchev–Trinajstić information content (AvgIpc) is 2.78. The van der Waals surface area contributed by atoms with Gasteiger partial charge in [0.1, 0.15) is 6.54 Å². The highest BCUT2D eigenvalue weighted by Crippen LogP contribution is 2.19. The fraction of sp³-hybridized carbons (Fsp3) is 0.125. The van der Waals surface area contributed by atoms with Crippen molar-refractivity contribution in [2.75, 3.05) is 18.5 Å². The van der Waals surface area contributed by atoms with E-state index in [2.05, 4.69) is 10.6 Å². The quantitative estimate of drug-likeness (QED) is 0.567. The highest BCUT2D eigenvalue weighted by Gasteiger charge is 2.12. The molecular formula is C24H22N2O4. The van der Waals surface area contributed by atoms with Crippen molar-refractivity contribution >= 4 is 23.5 Å². The molecule has 3 aromatic rings. The Balaban J connectivity index is 1.47. The van der Waals surface area contributed by atoms with Crippen LogP contribution in [0.15, 0.2) is 84.9 Å². The van der Waals surface area contributed by atoms with Gasteiger partial charge in [-0.3, -0.25) is 14.4 Å². The van der Waals surface area contributed by atoms with Gasteiger partial charge >= 0.3 is 5.97 Å². The van der Waals surface area contributed by atoms with E-state index in [1.807, 2.05) is 48.5 Å². The van der Waals surface area contributed by atoms with E-state index in [0.717, 1.165) is 11.1 Å². The van der Waals surface area contributed by atoms with Crippen LogP contribution in [-0.4, -0.2) is 30.9 Å². The maximum absolute atomic E-state index is 12.2. The summed E-state index contributed by atoms with van der Waals surface area (Å²) < 4.78 is 4.95. The van der Waals surface area contributed by atoms with Crippen LogP contribution in [0.3, 0.4) is 0 Å². The number of carbonyl (C=O) groups is 3. The topological polar surface area (TPSA) is 84.5 Å². The van der Waals surface area contributed by atoms with Crippen molar-refractivity contribution in [3.63, 3.8) is 0 Å². The van der Waals surface area contributed by atoms with Crippen LogP contribution in [0, 0.1) is 0 Å². The van der Waals surface area contributed by atoms with Crippen LogP contribution in [0.1, 0.15) is 21.5 Å². The van der Waals surface area contributed by atoms with E-state index in [-0.39, 0.29) is 12.5 Å². The molecule has 0 atom stereocenters. The molecule has 0 spiro atoms. The van der Waals surface area contributed by atoms with Crippen LogP contribution >= 0.6 is 0 Å². The number of anilines is 1. The molecular weight excluding hydrogens is 380 g/mol. The first-order valence-corrected chi connectivity index (χ1v) is 9.52. The van der Waals surface area contributed by atoms with Gasteiger partial charge in [0.05, 0.1) is 0 Å². The monoisotopic (exact) mass is 402 g/mol. The number of rotatable bonds is 8. The minimum Gasteiger partial charge on any atom is -0.454 e. The zero-order valence-corrected chi connectivity index (χ0v) is 16.3. The zero-order chi connectivity index (χ0) is 21.2. The lowest BCUT2D eigenvalue weighted by Crippen LogP contribution is -2.32. The molecule has 0 aliphatic rings. The summed E-state index contributed by atoms with van der Waals surface area (Å²) in [5, 5.41) is 5.24. The van der Waals surface area contributed by atoms with E-state index < -0.39 is 18.5 Å². The zero-order valence-electron chi connectivity index (χ0n) is 16.3. The summed E-state index contributed by atoms with van der Waals surface area (Å²) in [7, 11) is 0. The van der Waals surface area contributed by atoms with Crippen LogP contribution < -0.4 is 10.6 Å². The Morgan fingerprint density at radius 3 is 2.13 bits per heavy atom. The van der Waals surface area contributed by atoms with Crippen LogP contribution in [-0.2, 0) is 20.7 Å². The van der Waals surface area contributed by atoms with Crippen LogP contribution in [0.25, 0.3) is 0 Å². The van der Waals surface area contributed by atoms with Gasteiger partial charge in [-0.05, 0) is 35.7 Å². The molecule has 152 valence electrons. The fourth-order valence-corrected chi connectivity index (χ4v) is 2.84. The SMILES string of the molecule is O=C(COC(=O)CNC(=O)c1ccccc1)Nc1ccccc1Cc1ccccc1. The number of hydrogen-bond donors (Lipinski definition) is 2. The van der Waals surface area contributed by atoms with Crippen molar-refractivity contribution in [1.29, 1.82) is 0 Å². The molecule has 6 heteroatoms. The van der Waals surface area contributed by atoms with Crippen LogP contribution in [0.5, 0.6) is 0 Å². The number of carbonyl (C=O) groups excluding carboxylic acids is 3. The Morgan fingerprint density at radius 1 is 0.767 bits per heavy atom. The van der Waals surface area contributed by atoms with Crippen molar-refractivity contribution < 1.29 is 19.1 Å². The van der Waals surface area contributed by atoms with Crippen molar-refractivity contribution in [2.24, 2.45) is 0 Å². The van der Waals surface area contributed by atoms with Gasteiger partial charge in [0.25, 0.3) is 11.8 Å². The van der Waals surface area contributed by atoms with E-state index >= 15 is 0 Å². The molecule has 0 aliphatic heterocycles. The van der Waals surface area contributed by atoms with E-state index in [1.54, 1.807) is 36.4 Å². The van der Waals surface area contributed by atoms with E-state index in [4.69, 9.17) is 4.74 Å². The third-order valence-electron chi connectivity index (χ3n) is 4.32. The molecule has 2 N–H and O–H groups in total. The van der Waals surface area contributed by atoms with Gasteiger partial charge in [-0.25, -0.2) is 0 Å². The number of benzene rings is 3. The predicted molar refractivity (Wildman–Crippen MR) is 114 cm³/mol. The fourth-order valence-electron chi connectivity index (χ4n) is 2.84. The standard InChI is InChI=1S/C24H22N2O4/c27-22(17-30-23(28)16-25-24(29)19-11-5-2-6-12-19)26-21-14-8-7-13-20(21)15-18-9-3-1-4-10-18/h1-14H,15-17H2,(H,25,29)(H,26,27). The average molecular weight is 402 g/mol. The normalized spacial score (nSPS) is 10.1. The van der Waals surface area contributed by atoms with Crippen LogP contribution in [0.2, 0.25) is 0 Å². The number of nitrogens with one attached hydrogen (secondary N) is 2. The lowest BCUT2D eigenvalue weighted by atomic mass is 10.0. The predicted octanol–water partition coefficient (Wildman–Crippen LogP) is 3.19. The van der Waals surface area contributed by atoms with Gasteiger partial charge in [-0.1, -0.05) is 66.7 Å². The van der Waals surface area contributed by atoms with Crippen molar-refractivity contribution in [2.45, 2.75) is 6.42 Å². The van der Waals surface area contributed by atoms with Crippen molar-refractivity contribution in [3.05, 3.63) is 102 Å². The molecule has 6 nitrogen and oxygen atoms in total. The lowest BCUT2D eigenvalue weighted by molar-refractivity contribution is -0.146. The molecule has 0 unspecified atom stereocenters. The van der Waals surface area contributed by atoms with Crippen molar-refractivity contribution in [3.8, 4) is 0 Å². The summed E-state index contributed by atoms with van der Waals surface area (Å²) in [5.74, 6) is -1.52. The Kier molecular flexibility index (Phi) is 7.33. The van der Waals surface area contributed by atoms with Gasteiger partial charge < -0.3 is 15.4 Å². The van der Waals surface area contributed by atoms with Gasteiger partial charge in [0, 0.05) is 11.3 Å². The molecule has 0 bridgehead atoms. The maximum atomic E-state index is 12.2. The molecule has 0 saturated carbocycles. The van der Waals surface area contributed by atoms with Gasteiger partial charge in [0.2, 0.25) is 0 Å². The first-order valence-electron chi connectivity index (χ1n) is 9.52. The number of ether oxygens (including phenoxy) is 1. The molecule has 3 rings (SSSR count). The number of esters is 1. The second kappa shape index (κ2) is 10.6. The summed E-state index contributed by atoms with van der Waals surface area (Å²) in [6, 6.07) is 25.9. The third-order valence-corrected chi connectivity index (χ3v) is 4.32. The summed E-state index contributed by atoms with van der Waals surface area (Å²) in [6.45, 7) is -0.745. The summed E-state index contributed by atoms with van der Waals surface area (Å²) >= 11 is 0. The van der Waals surface area contributed by atoms with E-state index in [9.17, 15) is 14.4 Å². The maximum Gasteiger partial charge on any atom is 0.325 e. The highest BCUT2D eigenvalue weighted by atomic mass is 16.5. The summed E-state index contributed by atoms with van der Waals surface area (Å²) in [4.78, 5) is 36.0. The molecule has 2 amide bonds. The lowest BCUT2D eigenvalue weighted by Gasteiger charge is -2.12. The first-order chi connectivity index (χ1) is 14.6. The minimum atomic E-state index is -0.688. The summed E-state index contributed by atoms with van der Waals surface area (Å²) in [5.41, 5.74) is 3.19. The second-order valence-electron chi connectivity index (χ2n) is 6.58. The Morgan fingerprint density at radius 2 is 1.40 bits per heavy atom. The molecule has 0 aromatic heterocycles. The molecule has 3 aromatic carbocycles. The van der Waals surface area contributed by atoms with Crippen molar-refractivity contribution in [1.82, 2.24) is 5.32 Å². The second-order valence-corrected chi connectivity index (χ2v) is 6.58. The Labute approximate surface area is 174 Å². The number of para-hydroxylation sites is 1. The third kappa shape index (κ3) is 6.31. The minimum absolute atomic E-state index is 0.314. The van der Waals surface area contributed by atoms with Gasteiger partial charge in [-0.15, -0.1) is 0 Å². The Bertz CT molecular complexity index is 1000. The molecule has 0 fully saturated rings. The first kappa shape index (κ1) is 20.8. The number of hydrogen-bond acceptors (Lipinski definition) is 4. The Hall–Kier alpha value is -3.93. The number of amides is 2. The van der Waals surface area contributed by atoms with E-state index in [1.165, 1.54) is 0 Å². The van der Waals surface area contributed by atoms with Crippen LogP contribution in [0.4, 0.5) is 5.69 Å².